The third kappa shape index (κ3) is 3.58. The number of methoxy groups -OCH3 is 1. The maximum Gasteiger partial charge on any atom is 0.136 e. The first kappa shape index (κ1) is 12.7. The van der Waals surface area contributed by atoms with Crippen LogP contribution in [-0.2, 0) is 9.53 Å². The summed E-state index contributed by atoms with van der Waals surface area (Å²) in [6.07, 6.45) is 2.67. The molecule has 15 heavy (non-hydrogen) atoms. The van der Waals surface area contributed by atoms with Crippen LogP contribution >= 0.6 is 0 Å². The van der Waals surface area contributed by atoms with Crippen molar-refractivity contribution in [2.75, 3.05) is 26.7 Å². The van der Waals surface area contributed by atoms with E-state index in [-0.39, 0.29) is 11.2 Å². The van der Waals surface area contributed by atoms with E-state index in [9.17, 15) is 4.79 Å². The topological polar surface area (TPSA) is 29.5 Å². The highest BCUT2D eigenvalue weighted by Gasteiger charge is 2.29. The largest absolute Gasteiger partial charge is 0.380 e. The lowest BCUT2D eigenvalue weighted by Crippen LogP contribution is -2.45. The molecule has 3 heteroatoms. The van der Waals surface area contributed by atoms with Gasteiger partial charge >= 0.3 is 0 Å². The molecule has 1 fully saturated rings. The average Bonchev–Trinajstić information content (AvgIpc) is 2.17. The Balaban J connectivity index is 2.47. The number of carbonyl (C=O) groups is 1. The standard InChI is InChI=1S/C12H23NO2/c1-10(14)12(2,3)9-13-7-5-6-11(8-13)15-4/h11H,5-9H2,1-4H3. The minimum absolute atomic E-state index is 0.227. The number of ether oxygens (including phenoxy) is 1. The number of nitrogens with zero attached hydrogens (tertiary/aromatic N) is 1. The molecule has 0 aromatic heterocycles. The zero-order chi connectivity index (χ0) is 11.5. The SMILES string of the molecule is COC1CCCN(CC(C)(C)C(C)=O)C1. The van der Waals surface area contributed by atoms with Crippen LogP contribution in [0, 0.1) is 5.41 Å². The van der Waals surface area contributed by atoms with Gasteiger partial charge in [0.1, 0.15) is 5.78 Å². The summed E-state index contributed by atoms with van der Waals surface area (Å²) in [5.74, 6) is 0.266. The zero-order valence-electron chi connectivity index (χ0n) is 10.4. The number of piperidine rings is 1. The quantitative estimate of drug-likeness (QED) is 0.712. The first-order valence-corrected chi connectivity index (χ1v) is 5.72. The van der Waals surface area contributed by atoms with E-state index in [0.29, 0.717) is 6.10 Å². The summed E-state index contributed by atoms with van der Waals surface area (Å²) in [4.78, 5) is 13.8. The minimum Gasteiger partial charge on any atom is -0.380 e. The van der Waals surface area contributed by atoms with Crippen molar-refractivity contribution in [2.24, 2.45) is 5.41 Å². The first-order valence-electron chi connectivity index (χ1n) is 5.72. The van der Waals surface area contributed by atoms with Gasteiger partial charge in [-0.3, -0.25) is 9.69 Å². The number of hydrogen-bond donors (Lipinski definition) is 0. The van der Waals surface area contributed by atoms with Gasteiger partial charge < -0.3 is 4.74 Å². The molecule has 88 valence electrons. The fourth-order valence-electron chi connectivity index (χ4n) is 2.02. The Morgan fingerprint density at radius 2 is 2.20 bits per heavy atom. The second-order valence-electron chi connectivity index (χ2n) is 5.18. The lowest BCUT2D eigenvalue weighted by Gasteiger charge is -2.36. The molecule has 0 saturated carbocycles. The molecule has 1 atom stereocenters. The van der Waals surface area contributed by atoms with Crippen molar-refractivity contribution < 1.29 is 9.53 Å². The number of carbonyl (C=O) groups excluding carboxylic acids is 1. The predicted molar refractivity (Wildman–Crippen MR) is 60.9 cm³/mol. The third-order valence-corrected chi connectivity index (χ3v) is 3.37. The van der Waals surface area contributed by atoms with Gasteiger partial charge in [-0.05, 0) is 26.3 Å². The molecule has 0 N–H and O–H groups in total. The number of rotatable bonds is 4. The highest BCUT2D eigenvalue weighted by molar-refractivity contribution is 5.81. The molecule has 0 aromatic carbocycles. The second kappa shape index (κ2) is 5.08. The van der Waals surface area contributed by atoms with Gasteiger partial charge in [-0.15, -0.1) is 0 Å². The van der Waals surface area contributed by atoms with Crippen LogP contribution in [-0.4, -0.2) is 43.5 Å². The summed E-state index contributed by atoms with van der Waals surface area (Å²) >= 11 is 0. The molecule has 0 spiro atoms. The van der Waals surface area contributed by atoms with Crippen LogP contribution in [0.4, 0.5) is 0 Å². The number of ketones is 1. The Morgan fingerprint density at radius 1 is 1.53 bits per heavy atom. The van der Waals surface area contributed by atoms with Crippen LogP contribution in [0.25, 0.3) is 0 Å². The van der Waals surface area contributed by atoms with E-state index in [2.05, 4.69) is 4.90 Å². The molecule has 0 amide bonds. The van der Waals surface area contributed by atoms with E-state index in [4.69, 9.17) is 4.74 Å². The summed E-state index contributed by atoms with van der Waals surface area (Å²) in [7, 11) is 1.77. The maximum absolute atomic E-state index is 11.4. The second-order valence-corrected chi connectivity index (χ2v) is 5.18. The molecule has 1 unspecified atom stereocenters. The van der Waals surface area contributed by atoms with Gasteiger partial charge in [0.05, 0.1) is 6.10 Å². The molecule has 1 aliphatic rings. The molecule has 1 aliphatic heterocycles. The Hall–Kier alpha value is -0.410. The summed E-state index contributed by atoms with van der Waals surface area (Å²) in [6.45, 7) is 8.63. The zero-order valence-corrected chi connectivity index (χ0v) is 10.4. The summed E-state index contributed by atoms with van der Waals surface area (Å²) < 4.78 is 5.37. The van der Waals surface area contributed by atoms with Crippen molar-refractivity contribution in [3.8, 4) is 0 Å². The molecular formula is C12H23NO2. The van der Waals surface area contributed by atoms with E-state index >= 15 is 0 Å². The fourth-order valence-corrected chi connectivity index (χ4v) is 2.02. The number of likely N-dealkylation sites (tertiary alicyclic amines) is 1. The Bertz CT molecular complexity index is 226. The van der Waals surface area contributed by atoms with E-state index in [0.717, 1.165) is 26.1 Å². The monoisotopic (exact) mass is 213 g/mol. The van der Waals surface area contributed by atoms with E-state index < -0.39 is 0 Å². The molecule has 0 aliphatic carbocycles. The Kier molecular flexibility index (Phi) is 4.29. The highest BCUT2D eigenvalue weighted by atomic mass is 16.5. The number of hydrogen-bond acceptors (Lipinski definition) is 3. The molecule has 1 rings (SSSR count). The summed E-state index contributed by atoms with van der Waals surface area (Å²) in [6, 6.07) is 0. The first-order chi connectivity index (χ1) is 6.95. The van der Waals surface area contributed by atoms with Crippen molar-refractivity contribution in [3.63, 3.8) is 0 Å². The molecule has 0 bridgehead atoms. The van der Waals surface area contributed by atoms with Crippen molar-refractivity contribution in [2.45, 2.75) is 39.7 Å². The predicted octanol–water partition coefficient (Wildman–Crippen LogP) is 1.71. The van der Waals surface area contributed by atoms with Crippen LogP contribution in [0.1, 0.15) is 33.6 Å². The van der Waals surface area contributed by atoms with E-state index in [1.165, 1.54) is 6.42 Å². The van der Waals surface area contributed by atoms with Gasteiger partial charge in [-0.25, -0.2) is 0 Å². The smallest absolute Gasteiger partial charge is 0.136 e. The Morgan fingerprint density at radius 3 is 2.73 bits per heavy atom. The number of Topliss-reactive ketones (excluding diaryl/α,β-unsaturated/α-hetero) is 1. The van der Waals surface area contributed by atoms with Gasteiger partial charge in [0.15, 0.2) is 0 Å². The molecular weight excluding hydrogens is 190 g/mol. The van der Waals surface area contributed by atoms with Crippen LogP contribution in [0.2, 0.25) is 0 Å². The van der Waals surface area contributed by atoms with Crippen LogP contribution in [0.15, 0.2) is 0 Å². The van der Waals surface area contributed by atoms with Gasteiger partial charge in [0.2, 0.25) is 0 Å². The van der Waals surface area contributed by atoms with Crippen LogP contribution < -0.4 is 0 Å². The highest BCUT2D eigenvalue weighted by Crippen LogP contribution is 2.21. The normalized spacial score (nSPS) is 24.1. The maximum atomic E-state index is 11.4. The molecule has 1 heterocycles. The van der Waals surface area contributed by atoms with Crippen molar-refractivity contribution in [1.82, 2.24) is 4.90 Å². The van der Waals surface area contributed by atoms with Gasteiger partial charge in [-0.2, -0.15) is 0 Å². The van der Waals surface area contributed by atoms with E-state index in [1.54, 1.807) is 14.0 Å². The van der Waals surface area contributed by atoms with Crippen molar-refractivity contribution >= 4 is 5.78 Å². The van der Waals surface area contributed by atoms with Gasteiger partial charge in [-0.1, -0.05) is 13.8 Å². The van der Waals surface area contributed by atoms with Crippen LogP contribution in [0.5, 0.6) is 0 Å². The molecule has 0 aromatic rings. The lowest BCUT2D eigenvalue weighted by molar-refractivity contribution is -0.126. The minimum atomic E-state index is -0.227. The van der Waals surface area contributed by atoms with Crippen molar-refractivity contribution in [1.29, 1.82) is 0 Å². The molecule has 1 saturated heterocycles. The van der Waals surface area contributed by atoms with Crippen molar-refractivity contribution in [3.05, 3.63) is 0 Å². The Labute approximate surface area is 92.8 Å². The lowest BCUT2D eigenvalue weighted by atomic mass is 9.87. The van der Waals surface area contributed by atoms with Gasteiger partial charge in [0, 0.05) is 25.6 Å². The fraction of sp³-hybridized carbons (Fsp3) is 0.917. The summed E-state index contributed by atoms with van der Waals surface area (Å²) in [5.41, 5.74) is -0.227. The molecule has 3 nitrogen and oxygen atoms in total. The van der Waals surface area contributed by atoms with Gasteiger partial charge in [0.25, 0.3) is 0 Å². The van der Waals surface area contributed by atoms with E-state index in [1.807, 2.05) is 13.8 Å². The summed E-state index contributed by atoms with van der Waals surface area (Å²) in [5, 5.41) is 0. The van der Waals surface area contributed by atoms with Crippen LogP contribution in [0.3, 0.4) is 0 Å². The molecule has 0 radical (unpaired) electrons. The third-order valence-electron chi connectivity index (χ3n) is 3.37. The average molecular weight is 213 g/mol.